The lowest BCUT2D eigenvalue weighted by Gasteiger charge is -2.11. The van der Waals surface area contributed by atoms with Crippen molar-refractivity contribution in [1.82, 2.24) is 15.6 Å². The number of rotatable bonds is 7. The summed E-state index contributed by atoms with van der Waals surface area (Å²) < 4.78 is 22.6. The van der Waals surface area contributed by atoms with Gasteiger partial charge in [0, 0.05) is 43.9 Å². The molecule has 8 heteroatoms. The minimum atomic E-state index is -3.00. The van der Waals surface area contributed by atoms with Crippen LogP contribution in [0.25, 0.3) is 0 Å². The van der Waals surface area contributed by atoms with Crippen LogP contribution in [0, 0.1) is 6.92 Å². The van der Waals surface area contributed by atoms with E-state index in [0.29, 0.717) is 6.54 Å². The Labute approximate surface area is 153 Å². The van der Waals surface area contributed by atoms with Crippen molar-refractivity contribution in [3.05, 3.63) is 51.5 Å². The Morgan fingerprint density at radius 3 is 2.44 bits per heavy atom. The molecular weight excluding hydrogens is 356 g/mol. The van der Waals surface area contributed by atoms with Gasteiger partial charge in [0.05, 0.1) is 10.8 Å². The van der Waals surface area contributed by atoms with Crippen LogP contribution in [0.15, 0.2) is 35.5 Å². The molecule has 0 unspecified atom stereocenters. The zero-order chi connectivity index (χ0) is 18.3. The summed E-state index contributed by atoms with van der Waals surface area (Å²) in [4.78, 5) is 9.76. The van der Waals surface area contributed by atoms with Gasteiger partial charge in [-0.2, -0.15) is 0 Å². The first-order valence-corrected chi connectivity index (χ1v) is 10.8. The van der Waals surface area contributed by atoms with E-state index in [9.17, 15) is 8.42 Å². The topological polar surface area (TPSA) is 83.4 Å². The van der Waals surface area contributed by atoms with Gasteiger partial charge < -0.3 is 10.6 Å². The zero-order valence-electron chi connectivity index (χ0n) is 14.7. The summed E-state index contributed by atoms with van der Waals surface area (Å²) in [6.45, 7) is 3.44. The molecule has 0 amide bonds. The Morgan fingerprint density at radius 2 is 1.88 bits per heavy atom. The third kappa shape index (κ3) is 7.23. The van der Waals surface area contributed by atoms with Gasteiger partial charge in [-0.3, -0.25) is 4.99 Å². The van der Waals surface area contributed by atoms with Gasteiger partial charge in [-0.15, -0.1) is 11.3 Å². The Hall–Kier alpha value is -1.93. The Bertz CT molecular complexity index is 811. The molecule has 1 heterocycles. The molecule has 0 aliphatic carbocycles. The molecular formula is C17H24N4O2S2. The Balaban J connectivity index is 1.78. The fourth-order valence-corrected chi connectivity index (χ4v) is 3.85. The second-order valence-corrected chi connectivity index (χ2v) is 9.31. The third-order valence-corrected chi connectivity index (χ3v) is 5.27. The molecule has 0 radical (unpaired) electrons. The first kappa shape index (κ1) is 19.4. The van der Waals surface area contributed by atoms with Gasteiger partial charge in [0.2, 0.25) is 0 Å². The van der Waals surface area contributed by atoms with Crippen molar-refractivity contribution in [3.63, 3.8) is 0 Å². The highest BCUT2D eigenvalue weighted by atomic mass is 32.2. The molecule has 1 aromatic carbocycles. The Morgan fingerprint density at radius 1 is 1.20 bits per heavy atom. The number of benzene rings is 1. The van der Waals surface area contributed by atoms with Crippen molar-refractivity contribution in [1.29, 1.82) is 0 Å². The van der Waals surface area contributed by atoms with Crippen LogP contribution in [-0.4, -0.2) is 39.2 Å². The van der Waals surface area contributed by atoms with Gasteiger partial charge in [-0.25, -0.2) is 13.4 Å². The Kier molecular flexibility index (Phi) is 6.95. The number of guanidine groups is 1. The average molecular weight is 381 g/mol. The van der Waals surface area contributed by atoms with Crippen LogP contribution in [0.3, 0.4) is 0 Å². The highest BCUT2D eigenvalue weighted by molar-refractivity contribution is 7.89. The maximum absolute atomic E-state index is 11.3. The largest absolute Gasteiger partial charge is 0.356 e. The van der Waals surface area contributed by atoms with Gasteiger partial charge in [0.15, 0.2) is 15.8 Å². The number of nitrogens with zero attached hydrogens (tertiary/aromatic N) is 2. The predicted molar refractivity (Wildman–Crippen MR) is 104 cm³/mol. The van der Waals surface area contributed by atoms with Crippen molar-refractivity contribution in [3.8, 4) is 0 Å². The van der Waals surface area contributed by atoms with Crippen LogP contribution in [0.5, 0.6) is 0 Å². The van der Waals surface area contributed by atoms with E-state index in [2.05, 4.69) is 27.5 Å². The molecule has 6 nitrogen and oxygen atoms in total. The lowest BCUT2D eigenvalue weighted by molar-refractivity contribution is 0.601. The summed E-state index contributed by atoms with van der Waals surface area (Å²) in [6.07, 6.45) is 3.99. The number of aliphatic imine (C=N–C) groups is 1. The fraction of sp³-hybridized carbons (Fsp3) is 0.412. The van der Waals surface area contributed by atoms with E-state index in [4.69, 9.17) is 0 Å². The summed E-state index contributed by atoms with van der Waals surface area (Å²) >= 11 is 1.71. The first-order chi connectivity index (χ1) is 11.9. The normalized spacial score (nSPS) is 12.2. The SMILES string of the molecule is CN=C(NCCc1ncc(C)s1)NCc1ccc(CS(C)(=O)=O)cc1. The molecule has 25 heavy (non-hydrogen) atoms. The van der Waals surface area contributed by atoms with E-state index in [1.165, 1.54) is 11.1 Å². The standard InChI is InChI=1S/C17H24N4O2S2/c1-13-10-20-16(24-13)8-9-19-17(18-2)21-11-14-4-6-15(7-5-14)12-25(3,22)23/h4-7,10H,8-9,11-12H2,1-3H3,(H2,18,19,21). The van der Waals surface area contributed by atoms with E-state index in [1.807, 2.05) is 30.5 Å². The molecule has 1 aromatic heterocycles. The summed E-state index contributed by atoms with van der Waals surface area (Å²) in [5.74, 6) is 0.800. The highest BCUT2D eigenvalue weighted by Crippen LogP contribution is 2.11. The molecule has 0 saturated heterocycles. The highest BCUT2D eigenvalue weighted by Gasteiger charge is 2.05. The summed E-state index contributed by atoms with van der Waals surface area (Å²) in [7, 11) is -1.27. The summed E-state index contributed by atoms with van der Waals surface area (Å²) in [5.41, 5.74) is 1.86. The number of aromatic nitrogens is 1. The molecule has 0 bridgehead atoms. The summed E-state index contributed by atoms with van der Waals surface area (Å²) in [6, 6.07) is 7.55. The van der Waals surface area contributed by atoms with E-state index in [-0.39, 0.29) is 5.75 Å². The molecule has 0 spiro atoms. The molecule has 0 fully saturated rings. The molecule has 0 saturated carbocycles. The molecule has 0 atom stereocenters. The number of sulfone groups is 1. The number of hydrogen-bond acceptors (Lipinski definition) is 5. The number of nitrogens with one attached hydrogen (secondary N) is 2. The number of hydrogen-bond donors (Lipinski definition) is 2. The van der Waals surface area contributed by atoms with Crippen molar-refractivity contribution < 1.29 is 8.42 Å². The zero-order valence-corrected chi connectivity index (χ0v) is 16.4. The van der Waals surface area contributed by atoms with Gasteiger partial charge in [0.1, 0.15) is 0 Å². The molecule has 136 valence electrons. The van der Waals surface area contributed by atoms with Crippen molar-refractivity contribution >= 4 is 27.1 Å². The smallest absolute Gasteiger partial charge is 0.191 e. The first-order valence-electron chi connectivity index (χ1n) is 7.97. The fourth-order valence-electron chi connectivity index (χ4n) is 2.27. The van der Waals surface area contributed by atoms with Crippen molar-refractivity contribution in [2.75, 3.05) is 19.8 Å². The lowest BCUT2D eigenvalue weighted by Crippen LogP contribution is -2.37. The van der Waals surface area contributed by atoms with E-state index < -0.39 is 9.84 Å². The quantitative estimate of drug-likeness (QED) is 0.566. The maximum Gasteiger partial charge on any atom is 0.191 e. The third-order valence-electron chi connectivity index (χ3n) is 3.44. The van der Waals surface area contributed by atoms with Crippen LogP contribution < -0.4 is 10.6 Å². The van der Waals surface area contributed by atoms with Crippen molar-refractivity contribution in [2.24, 2.45) is 4.99 Å². The van der Waals surface area contributed by atoms with Gasteiger partial charge in [-0.05, 0) is 18.1 Å². The van der Waals surface area contributed by atoms with Crippen LogP contribution in [0.2, 0.25) is 0 Å². The van der Waals surface area contributed by atoms with Gasteiger partial charge in [-0.1, -0.05) is 24.3 Å². The van der Waals surface area contributed by atoms with Gasteiger partial charge >= 0.3 is 0 Å². The second-order valence-electron chi connectivity index (χ2n) is 5.85. The minimum absolute atomic E-state index is 0.0696. The molecule has 2 rings (SSSR count). The molecule has 0 aliphatic rings. The number of aryl methyl sites for hydroxylation is 1. The van der Waals surface area contributed by atoms with Crippen LogP contribution in [-0.2, 0) is 28.6 Å². The molecule has 2 N–H and O–H groups in total. The molecule has 2 aromatic rings. The average Bonchev–Trinajstić information content (AvgIpc) is 2.96. The van der Waals surface area contributed by atoms with Gasteiger partial charge in [0.25, 0.3) is 0 Å². The number of thiazole rings is 1. The monoisotopic (exact) mass is 380 g/mol. The van der Waals surface area contributed by atoms with Crippen LogP contribution in [0.4, 0.5) is 0 Å². The van der Waals surface area contributed by atoms with Crippen molar-refractivity contribution in [2.45, 2.75) is 25.6 Å². The van der Waals surface area contributed by atoms with Crippen LogP contribution in [0.1, 0.15) is 21.0 Å². The van der Waals surface area contributed by atoms with Crippen LogP contribution >= 0.6 is 11.3 Å². The summed E-state index contributed by atoms with van der Waals surface area (Å²) in [5, 5.41) is 7.63. The molecule has 0 aliphatic heterocycles. The second kappa shape index (κ2) is 8.96. The lowest BCUT2D eigenvalue weighted by atomic mass is 10.1. The maximum atomic E-state index is 11.3. The predicted octanol–water partition coefficient (Wildman–Crippen LogP) is 1.90. The van der Waals surface area contributed by atoms with E-state index >= 15 is 0 Å². The minimum Gasteiger partial charge on any atom is -0.356 e. The van der Waals surface area contributed by atoms with E-state index in [1.54, 1.807) is 18.4 Å². The van der Waals surface area contributed by atoms with E-state index in [0.717, 1.165) is 35.1 Å².